The zero-order chi connectivity index (χ0) is 11.0. The average Bonchev–Trinajstić information content (AvgIpc) is 2.36. The topological polar surface area (TPSA) is 38.4 Å². The quantitative estimate of drug-likeness (QED) is 0.748. The highest BCUT2D eigenvalue weighted by molar-refractivity contribution is 8.09. The lowest BCUT2D eigenvalue weighted by Crippen LogP contribution is -2.09. The number of hydrogen-bond donors (Lipinski definition) is 1. The Morgan fingerprint density at radius 2 is 1.75 bits per heavy atom. The molecule has 2 N–H and O–H groups in total. The summed E-state index contributed by atoms with van der Waals surface area (Å²) in [5.41, 5.74) is 6.97. The largest absolute Gasteiger partial charge is 0.322 e. The van der Waals surface area contributed by atoms with Gasteiger partial charge in [0.15, 0.2) is 0 Å². The van der Waals surface area contributed by atoms with Crippen LogP contribution in [-0.4, -0.2) is 5.88 Å². The third-order valence-electron chi connectivity index (χ3n) is 2.67. The Bertz CT molecular complexity index is 662. The molecule has 3 rings (SSSR count). The summed E-state index contributed by atoms with van der Waals surface area (Å²) in [6.07, 6.45) is 0. The molecule has 1 unspecified atom stereocenters. The van der Waals surface area contributed by atoms with E-state index in [0.29, 0.717) is 5.88 Å². The Morgan fingerprint density at radius 3 is 2.62 bits per heavy atom. The lowest BCUT2D eigenvalue weighted by Gasteiger charge is -2.14. The van der Waals surface area contributed by atoms with Crippen molar-refractivity contribution in [3.05, 3.63) is 58.4 Å². The molecule has 2 aromatic carbocycles. The van der Waals surface area contributed by atoms with E-state index in [1.54, 1.807) is 0 Å². The van der Waals surface area contributed by atoms with Crippen LogP contribution in [0.25, 0.3) is 0 Å². The molecular weight excluding hydrogens is 216 g/mol. The Labute approximate surface area is 96.4 Å². The minimum atomic E-state index is -0.0175. The molecule has 0 saturated heterocycles. The van der Waals surface area contributed by atoms with Gasteiger partial charge in [-0.25, -0.2) is 4.99 Å². The van der Waals surface area contributed by atoms with Crippen molar-refractivity contribution >= 4 is 16.2 Å². The summed E-state index contributed by atoms with van der Waals surface area (Å²) in [6.45, 7) is 0. The number of hydrogen-bond acceptors (Lipinski definition) is 2. The molecule has 2 aromatic rings. The highest BCUT2D eigenvalue weighted by Crippen LogP contribution is 2.37. The molecule has 0 fully saturated rings. The van der Waals surface area contributed by atoms with Crippen molar-refractivity contribution in [2.75, 3.05) is 5.88 Å². The van der Waals surface area contributed by atoms with Crippen molar-refractivity contribution in [1.29, 1.82) is 0 Å². The van der Waals surface area contributed by atoms with Crippen LogP contribution in [0, 0.1) is 4.51 Å². The zero-order valence-electron chi connectivity index (χ0n) is 8.76. The van der Waals surface area contributed by atoms with Gasteiger partial charge in [-0.15, -0.1) is 10.5 Å². The van der Waals surface area contributed by atoms with Crippen LogP contribution < -0.4 is 11.1 Å². The number of nitrogens with two attached hydrogens (primary N) is 1. The third-order valence-corrected chi connectivity index (χ3v) is 4.75. The van der Waals surface area contributed by atoms with Crippen LogP contribution in [0.1, 0.15) is 0 Å². The lowest BCUT2D eigenvalue weighted by atomic mass is 10.3. The predicted octanol–water partition coefficient (Wildman–Crippen LogP) is 2.45. The number of para-hydroxylation sites is 2. The lowest BCUT2D eigenvalue weighted by molar-refractivity contribution is 1.23. The maximum absolute atomic E-state index is 5.90. The second kappa shape index (κ2) is 3.85. The van der Waals surface area contributed by atoms with Crippen LogP contribution in [0.5, 0.6) is 0 Å². The van der Waals surface area contributed by atoms with Crippen molar-refractivity contribution in [1.82, 2.24) is 0 Å². The van der Waals surface area contributed by atoms with Crippen molar-refractivity contribution in [2.45, 2.75) is 4.90 Å². The van der Waals surface area contributed by atoms with Crippen LogP contribution in [0.3, 0.4) is 0 Å². The second-order valence-corrected chi connectivity index (χ2v) is 5.60. The summed E-state index contributed by atoms with van der Waals surface area (Å²) >= 11 is 0. The molecule has 0 bridgehead atoms. The summed E-state index contributed by atoms with van der Waals surface area (Å²) in [7, 11) is -0.0175. The maximum atomic E-state index is 5.90. The van der Waals surface area contributed by atoms with E-state index in [-0.39, 0.29) is 10.5 Å². The van der Waals surface area contributed by atoms with Crippen LogP contribution in [0.15, 0.2) is 58.4 Å². The highest BCUT2D eigenvalue weighted by atomic mass is 32.2. The van der Waals surface area contributed by atoms with Gasteiger partial charge in [-0.3, -0.25) is 0 Å². The SMILES string of the molecule is NCS1=c2ccccc2=Nc2ccccc21. The molecule has 0 saturated carbocycles. The van der Waals surface area contributed by atoms with E-state index in [1.165, 1.54) is 9.41 Å². The molecule has 3 heteroatoms. The Hall–Kier alpha value is -1.45. The summed E-state index contributed by atoms with van der Waals surface area (Å²) in [6, 6.07) is 16.5. The summed E-state index contributed by atoms with van der Waals surface area (Å²) in [4.78, 5) is 5.93. The van der Waals surface area contributed by atoms with Gasteiger partial charge in [0.05, 0.1) is 11.0 Å². The monoisotopic (exact) mass is 228 g/mol. The van der Waals surface area contributed by atoms with Gasteiger partial charge in [0, 0.05) is 15.3 Å². The molecule has 0 aliphatic carbocycles. The van der Waals surface area contributed by atoms with Gasteiger partial charge in [-0.1, -0.05) is 24.3 Å². The molecule has 1 atom stereocenters. The van der Waals surface area contributed by atoms with E-state index in [9.17, 15) is 0 Å². The number of fused-ring (bicyclic) bond motifs is 2. The van der Waals surface area contributed by atoms with Crippen molar-refractivity contribution in [3.63, 3.8) is 0 Å². The average molecular weight is 228 g/mol. The molecule has 0 radical (unpaired) electrons. The normalized spacial score (nSPS) is 17.2. The fourth-order valence-electron chi connectivity index (χ4n) is 1.94. The predicted molar refractivity (Wildman–Crippen MR) is 67.4 cm³/mol. The Kier molecular flexibility index (Phi) is 2.35. The minimum absolute atomic E-state index is 0.0175. The third kappa shape index (κ3) is 1.40. The standard InChI is InChI=1S/C13H12N2S/c14-9-16-12-7-3-1-5-10(12)15-11-6-2-4-8-13(11)16/h1-8H,9,14H2. The molecule has 1 aliphatic heterocycles. The van der Waals surface area contributed by atoms with E-state index < -0.39 is 0 Å². The van der Waals surface area contributed by atoms with Crippen LogP contribution in [-0.2, 0) is 0 Å². The van der Waals surface area contributed by atoms with E-state index >= 15 is 0 Å². The summed E-state index contributed by atoms with van der Waals surface area (Å²) in [5.74, 6) is 0.656. The first-order valence-corrected chi connectivity index (χ1v) is 6.60. The molecule has 80 valence electrons. The first-order chi connectivity index (χ1) is 7.90. The van der Waals surface area contributed by atoms with Crippen LogP contribution >= 0.6 is 10.5 Å². The zero-order valence-corrected chi connectivity index (χ0v) is 9.58. The van der Waals surface area contributed by atoms with E-state index in [4.69, 9.17) is 5.73 Å². The number of benzene rings is 2. The number of nitrogens with zero attached hydrogens (tertiary/aromatic N) is 1. The molecule has 1 heterocycles. The first kappa shape index (κ1) is 9.75. The van der Waals surface area contributed by atoms with Crippen molar-refractivity contribution < 1.29 is 0 Å². The van der Waals surface area contributed by atoms with E-state index in [1.807, 2.05) is 12.1 Å². The fourth-order valence-corrected chi connectivity index (χ4v) is 3.76. The van der Waals surface area contributed by atoms with Gasteiger partial charge < -0.3 is 5.73 Å². The fraction of sp³-hybridized carbons (Fsp3) is 0.0769. The van der Waals surface area contributed by atoms with E-state index in [0.717, 1.165) is 11.0 Å². The van der Waals surface area contributed by atoms with Gasteiger partial charge in [0.1, 0.15) is 0 Å². The van der Waals surface area contributed by atoms with Crippen LogP contribution in [0.2, 0.25) is 0 Å². The minimum Gasteiger partial charge on any atom is -0.322 e. The Morgan fingerprint density at radius 1 is 1.00 bits per heavy atom. The second-order valence-electron chi connectivity index (χ2n) is 3.60. The summed E-state index contributed by atoms with van der Waals surface area (Å²) in [5, 5.41) is 1.06. The van der Waals surface area contributed by atoms with Gasteiger partial charge in [0.2, 0.25) is 0 Å². The molecule has 0 amide bonds. The summed E-state index contributed by atoms with van der Waals surface area (Å²) < 4.78 is 1.27. The van der Waals surface area contributed by atoms with Gasteiger partial charge >= 0.3 is 0 Å². The van der Waals surface area contributed by atoms with Crippen molar-refractivity contribution in [3.8, 4) is 0 Å². The molecule has 0 aromatic heterocycles. The molecular formula is C13H12N2S. The Balaban J connectivity index is 2.47. The molecule has 2 nitrogen and oxygen atoms in total. The van der Waals surface area contributed by atoms with Crippen molar-refractivity contribution in [2.24, 2.45) is 10.7 Å². The molecule has 1 aliphatic rings. The number of rotatable bonds is 1. The van der Waals surface area contributed by atoms with E-state index in [2.05, 4.69) is 41.4 Å². The highest BCUT2D eigenvalue weighted by Gasteiger charge is 2.09. The van der Waals surface area contributed by atoms with Gasteiger partial charge in [0.25, 0.3) is 0 Å². The van der Waals surface area contributed by atoms with Gasteiger partial charge in [-0.2, -0.15) is 0 Å². The molecule has 16 heavy (non-hydrogen) atoms. The molecule has 0 spiro atoms. The first-order valence-electron chi connectivity index (χ1n) is 5.21. The maximum Gasteiger partial charge on any atom is 0.0769 e. The smallest absolute Gasteiger partial charge is 0.0769 e. The van der Waals surface area contributed by atoms with Gasteiger partial charge in [-0.05, 0) is 24.3 Å². The van der Waals surface area contributed by atoms with Crippen LogP contribution in [0.4, 0.5) is 5.69 Å².